The highest BCUT2D eigenvalue weighted by Gasteiger charge is 2.21. The van der Waals surface area contributed by atoms with E-state index in [4.69, 9.17) is 0 Å². The monoisotopic (exact) mass is 634 g/mol. The maximum absolute atomic E-state index is 3.97. The Kier molecular flexibility index (Phi) is 6.07. The standard InChI is InChI=1S/C44H27Br/c45-44-39-19-9-7-17-37(39)43(38-18-8-10-20-40(38)44)42-35-15-5-3-13-33(35)41(34-14-4-6-16-36(34)42)30-24-21-29(22-25-30)32-26-23-28-11-1-2-12-31(28)27-32/h1-27H. The summed E-state index contributed by atoms with van der Waals surface area (Å²) in [7, 11) is 0. The highest BCUT2D eigenvalue weighted by Crippen LogP contribution is 2.49. The van der Waals surface area contributed by atoms with Crippen molar-refractivity contribution in [2.45, 2.75) is 0 Å². The van der Waals surface area contributed by atoms with Gasteiger partial charge in [0.2, 0.25) is 0 Å². The van der Waals surface area contributed by atoms with Gasteiger partial charge in [0.15, 0.2) is 0 Å². The van der Waals surface area contributed by atoms with Gasteiger partial charge in [-0.15, -0.1) is 0 Å². The normalized spacial score (nSPS) is 11.7. The van der Waals surface area contributed by atoms with Gasteiger partial charge in [-0.05, 0) is 109 Å². The molecule has 0 unspecified atom stereocenters. The molecule has 9 aromatic carbocycles. The lowest BCUT2D eigenvalue weighted by Crippen LogP contribution is -1.93. The van der Waals surface area contributed by atoms with E-state index in [2.05, 4.69) is 180 Å². The first-order valence-corrected chi connectivity index (χ1v) is 16.2. The van der Waals surface area contributed by atoms with E-state index in [0.29, 0.717) is 0 Å². The maximum Gasteiger partial charge on any atom is 0.0332 e. The van der Waals surface area contributed by atoms with E-state index < -0.39 is 0 Å². The van der Waals surface area contributed by atoms with Crippen LogP contribution in [0.1, 0.15) is 0 Å². The average molecular weight is 636 g/mol. The molecule has 0 aliphatic heterocycles. The van der Waals surface area contributed by atoms with Crippen molar-refractivity contribution in [2.24, 2.45) is 0 Å². The molecule has 0 saturated carbocycles. The number of benzene rings is 9. The van der Waals surface area contributed by atoms with Gasteiger partial charge < -0.3 is 0 Å². The fourth-order valence-corrected chi connectivity index (χ4v) is 7.94. The molecule has 0 amide bonds. The second kappa shape index (κ2) is 10.4. The van der Waals surface area contributed by atoms with Gasteiger partial charge in [-0.2, -0.15) is 0 Å². The Bertz CT molecular complexity index is 2480. The molecule has 9 rings (SSSR count). The van der Waals surface area contributed by atoms with Crippen LogP contribution in [0.3, 0.4) is 0 Å². The topological polar surface area (TPSA) is 0 Å². The third-order valence-electron chi connectivity index (χ3n) is 9.30. The minimum atomic E-state index is 1.15. The summed E-state index contributed by atoms with van der Waals surface area (Å²) < 4.78 is 1.15. The maximum atomic E-state index is 3.97. The van der Waals surface area contributed by atoms with Crippen LogP contribution in [-0.4, -0.2) is 0 Å². The summed E-state index contributed by atoms with van der Waals surface area (Å²) in [6.07, 6.45) is 0. The summed E-state index contributed by atoms with van der Waals surface area (Å²) in [5.41, 5.74) is 7.54. The zero-order valence-corrected chi connectivity index (χ0v) is 26.1. The highest BCUT2D eigenvalue weighted by atomic mass is 79.9. The van der Waals surface area contributed by atoms with E-state index in [-0.39, 0.29) is 0 Å². The predicted molar refractivity (Wildman–Crippen MR) is 198 cm³/mol. The summed E-state index contributed by atoms with van der Waals surface area (Å²) in [4.78, 5) is 0. The van der Waals surface area contributed by atoms with Crippen LogP contribution in [0.25, 0.3) is 87.2 Å². The number of halogens is 1. The average Bonchev–Trinajstić information content (AvgIpc) is 3.11. The molecule has 0 bridgehead atoms. The molecule has 0 atom stereocenters. The molecule has 0 N–H and O–H groups in total. The summed E-state index contributed by atoms with van der Waals surface area (Å²) in [6.45, 7) is 0. The predicted octanol–water partition coefficient (Wildman–Crippen LogP) is 13.2. The number of hydrogen-bond acceptors (Lipinski definition) is 0. The first-order valence-electron chi connectivity index (χ1n) is 15.4. The summed E-state index contributed by atoms with van der Waals surface area (Å²) in [5, 5.41) is 12.6. The Balaban J connectivity index is 1.33. The van der Waals surface area contributed by atoms with E-state index in [9.17, 15) is 0 Å². The van der Waals surface area contributed by atoms with Crippen LogP contribution in [0.2, 0.25) is 0 Å². The van der Waals surface area contributed by atoms with Crippen LogP contribution in [-0.2, 0) is 0 Å². The lowest BCUT2D eigenvalue weighted by molar-refractivity contribution is 1.63. The molecule has 0 aliphatic carbocycles. The second-order valence-corrected chi connectivity index (χ2v) is 12.6. The van der Waals surface area contributed by atoms with Crippen molar-refractivity contribution in [1.82, 2.24) is 0 Å². The van der Waals surface area contributed by atoms with Gasteiger partial charge in [0.25, 0.3) is 0 Å². The minimum Gasteiger partial charge on any atom is -0.0616 e. The Labute approximate surface area is 270 Å². The molecular formula is C44H27Br. The van der Waals surface area contributed by atoms with E-state index >= 15 is 0 Å². The molecule has 0 fully saturated rings. The number of fused-ring (bicyclic) bond motifs is 5. The molecule has 0 aromatic heterocycles. The lowest BCUT2D eigenvalue weighted by Gasteiger charge is -2.21. The molecule has 0 saturated heterocycles. The molecular weight excluding hydrogens is 608 g/mol. The van der Waals surface area contributed by atoms with Crippen LogP contribution in [0.4, 0.5) is 0 Å². The van der Waals surface area contributed by atoms with Gasteiger partial charge in [0, 0.05) is 4.47 Å². The first kappa shape index (κ1) is 26.2. The largest absolute Gasteiger partial charge is 0.0616 e. The summed E-state index contributed by atoms with van der Waals surface area (Å²) >= 11 is 3.97. The summed E-state index contributed by atoms with van der Waals surface area (Å²) in [6, 6.07) is 59.9. The SMILES string of the molecule is Brc1c2ccccc2c(-c2c3ccccc3c(-c3ccc(-c4ccc5ccccc5c4)cc3)c3ccccc23)c2ccccc12. The lowest BCUT2D eigenvalue weighted by atomic mass is 9.83. The van der Waals surface area contributed by atoms with Crippen LogP contribution < -0.4 is 0 Å². The molecule has 1 heteroatoms. The van der Waals surface area contributed by atoms with Crippen molar-refractivity contribution >= 4 is 69.8 Å². The van der Waals surface area contributed by atoms with Gasteiger partial charge in [0.05, 0.1) is 0 Å². The number of hydrogen-bond donors (Lipinski definition) is 0. The fraction of sp³-hybridized carbons (Fsp3) is 0. The van der Waals surface area contributed by atoms with Crippen molar-refractivity contribution in [1.29, 1.82) is 0 Å². The Hall–Kier alpha value is -5.24. The van der Waals surface area contributed by atoms with Crippen LogP contribution in [0, 0.1) is 0 Å². The molecule has 0 radical (unpaired) electrons. The Morgan fingerprint density at radius 1 is 0.267 bits per heavy atom. The third kappa shape index (κ3) is 4.12. The fourth-order valence-electron chi connectivity index (χ4n) is 7.25. The molecule has 0 spiro atoms. The molecule has 0 heterocycles. The molecule has 0 nitrogen and oxygen atoms in total. The Morgan fingerprint density at radius 3 is 1.13 bits per heavy atom. The summed E-state index contributed by atoms with van der Waals surface area (Å²) in [5.74, 6) is 0. The molecule has 45 heavy (non-hydrogen) atoms. The zero-order valence-electron chi connectivity index (χ0n) is 24.5. The minimum absolute atomic E-state index is 1.15. The molecule has 0 aliphatic rings. The van der Waals surface area contributed by atoms with Crippen molar-refractivity contribution in [2.75, 3.05) is 0 Å². The van der Waals surface area contributed by atoms with Gasteiger partial charge in [-0.1, -0.05) is 158 Å². The van der Waals surface area contributed by atoms with E-state index in [1.807, 2.05) is 0 Å². The van der Waals surface area contributed by atoms with Crippen LogP contribution in [0.15, 0.2) is 168 Å². The van der Waals surface area contributed by atoms with E-state index in [0.717, 1.165) is 4.47 Å². The third-order valence-corrected chi connectivity index (χ3v) is 10.2. The van der Waals surface area contributed by atoms with Crippen LogP contribution in [0.5, 0.6) is 0 Å². The van der Waals surface area contributed by atoms with Crippen LogP contribution >= 0.6 is 15.9 Å². The van der Waals surface area contributed by atoms with E-state index in [1.165, 1.54) is 87.2 Å². The smallest absolute Gasteiger partial charge is 0.0332 e. The molecule has 210 valence electrons. The second-order valence-electron chi connectivity index (χ2n) is 11.8. The Morgan fingerprint density at radius 2 is 0.622 bits per heavy atom. The first-order chi connectivity index (χ1) is 22.3. The zero-order chi connectivity index (χ0) is 29.9. The van der Waals surface area contributed by atoms with Gasteiger partial charge in [0.1, 0.15) is 0 Å². The van der Waals surface area contributed by atoms with Gasteiger partial charge in [-0.3, -0.25) is 0 Å². The highest BCUT2D eigenvalue weighted by molar-refractivity contribution is 9.10. The van der Waals surface area contributed by atoms with Crippen molar-refractivity contribution in [3.8, 4) is 33.4 Å². The van der Waals surface area contributed by atoms with E-state index in [1.54, 1.807) is 0 Å². The van der Waals surface area contributed by atoms with Crippen molar-refractivity contribution < 1.29 is 0 Å². The van der Waals surface area contributed by atoms with Gasteiger partial charge in [-0.25, -0.2) is 0 Å². The molecule has 9 aromatic rings. The van der Waals surface area contributed by atoms with Gasteiger partial charge >= 0.3 is 0 Å². The number of rotatable bonds is 3. The van der Waals surface area contributed by atoms with Crippen molar-refractivity contribution in [3.05, 3.63) is 168 Å². The quantitative estimate of drug-likeness (QED) is 0.170. The van der Waals surface area contributed by atoms with Crippen molar-refractivity contribution in [3.63, 3.8) is 0 Å².